The maximum atomic E-state index is 12.8. The Hall–Kier alpha value is -1.76. The van der Waals surface area contributed by atoms with Crippen LogP contribution in [-0.2, 0) is 21.4 Å². The third kappa shape index (κ3) is 5.61. The first-order chi connectivity index (χ1) is 12.6. The number of anilines is 1. The lowest BCUT2D eigenvalue weighted by molar-refractivity contribution is -0.122. The molecule has 1 unspecified atom stereocenters. The van der Waals surface area contributed by atoms with Crippen molar-refractivity contribution in [3.63, 3.8) is 0 Å². The van der Waals surface area contributed by atoms with Gasteiger partial charge in [-0.25, -0.2) is 8.42 Å². The highest BCUT2D eigenvalue weighted by atomic mass is 35.5. The number of amides is 1. The van der Waals surface area contributed by atoms with Crippen LogP contribution >= 0.6 is 23.2 Å². The van der Waals surface area contributed by atoms with Gasteiger partial charge in [0.1, 0.15) is 6.04 Å². The fourth-order valence-corrected chi connectivity index (χ4v) is 4.47. The van der Waals surface area contributed by atoms with Gasteiger partial charge in [-0.3, -0.25) is 9.10 Å². The molecule has 27 heavy (non-hydrogen) atoms. The SMILES string of the molecule is CCC(C(=O)NCc1ccc(Cl)cc1Cl)N(c1cccc(C)c1)S(C)(=O)=O. The minimum Gasteiger partial charge on any atom is -0.350 e. The van der Waals surface area contributed by atoms with E-state index in [9.17, 15) is 13.2 Å². The Morgan fingerprint density at radius 3 is 2.44 bits per heavy atom. The van der Waals surface area contributed by atoms with Gasteiger partial charge in [0.15, 0.2) is 0 Å². The molecule has 0 aliphatic rings. The highest BCUT2D eigenvalue weighted by Crippen LogP contribution is 2.24. The zero-order valence-corrected chi connectivity index (χ0v) is 17.7. The van der Waals surface area contributed by atoms with Gasteiger partial charge in [-0.1, -0.05) is 48.3 Å². The maximum absolute atomic E-state index is 12.8. The van der Waals surface area contributed by atoms with Gasteiger partial charge in [0.25, 0.3) is 0 Å². The molecule has 0 fully saturated rings. The second-order valence-electron chi connectivity index (χ2n) is 6.28. The third-order valence-corrected chi connectivity index (χ3v) is 5.82. The van der Waals surface area contributed by atoms with Gasteiger partial charge in [0, 0.05) is 16.6 Å². The zero-order valence-electron chi connectivity index (χ0n) is 15.4. The molecule has 1 N–H and O–H groups in total. The topological polar surface area (TPSA) is 66.5 Å². The molecule has 0 bridgehead atoms. The van der Waals surface area contributed by atoms with E-state index in [0.717, 1.165) is 11.8 Å². The molecule has 0 radical (unpaired) electrons. The number of rotatable bonds is 7. The lowest BCUT2D eigenvalue weighted by Gasteiger charge is -2.30. The summed E-state index contributed by atoms with van der Waals surface area (Å²) in [5.74, 6) is -0.393. The zero-order chi connectivity index (χ0) is 20.2. The number of benzene rings is 2. The van der Waals surface area contributed by atoms with E-state index in [0.29, 0.717) is 27.7 Å². The number of hydrogen-bond donors (Lipinski definition) is 1. The van der Waals surface area contributed by atoms with Crippen molar-refractivity contribution in [2.45, 2.75) is 32.9 Å². The van der Waals surface area contributed by atoms with Crippen molar-refractivity contribution < 1.29 is 13.2 Å². The Morgan fingerprint density at radius 1 is 1.19 bits per heavy atom. The molecule has 8 heteroatoms. The third-order valence-electron chi connectivity index (χ3n) is 4.05. The highest BCUT2D eigenvalue weighted by molar-refractivity contribution is 7.92. The average Bonchev–Trinajstić information content (AvgIpc) is 2.57. The number of carbonyl (C=O) groups is 1. The first-order valence-electron chi connectivity index (χ1n) is 8.41. The van der Waals surface area contributed by atoms with Gasteiger partial charge in [0.05, 0.1) is 11.9 Å². The number of sulfonamides is 1. The summed E-state index contributed by atoms with van der Waals surface area (Å²) in [5, 5.41) is 3.72. The fraction of sp³-hybridized carbons (Fsp3) is 0.316. The van der Waals surface area contributed by atoms with Crippen LogP contribution in [0.4, 0.5) is 5.69 Å². The summed E-state index contributed by atoms with van der Waals surface area (Å²) in [4.78, 5) is 12.8. The van der Waals surface area contributed by atoms with E-state index in [1.165, 1.54) is 4.31 Å². The van der Waals surface area contributed by atoms with Crippen molar-refractivity contribution in [2.75, 3.05) is 10.6 Å². The molecule has 1 amide bonds. The van der Waals surface area contributed by atoms with E-state index in [1.807, 2.05) is 13.0 Å². The minimum atomic E-state index is -3.66. The van der Waals surface area contributed by atoms with Crippen LogP contribution in [0, 0.1) is 6.92 Å². The van der Waals surface area contributed by atoms with Crippen LogP contribution in [0.25, 0.3) is 0 Å². The molecule has 2 aromatic rings. The minimum absolute atomic E-state index is 0.177. The van der Waals surface area contributed by atoms with Crippen molar-refractivity contribution in [3.8, 4) is 0 Å². The predicted octanol–water partition coefficient (Wildman–Crippen LogP) is 4.16. The van der Waals surface area contributed by atoms with Crippen molar-refractivity contribution >= 4 is 44.8 Å². The molecule has 0 aliphatic heterocycles. The summed E-state index contributed by atoms with van der Waals surface area (Å²) in [7, 11) is -3.66. The summed E-state index contributed by atoms with van der Waals surface area (Å²) in [6.45, 7) is 3.82. The van der Waals surface area contributed by atoms with Crippen LogP contribution in [0.1, 0.15) is 24.5 Å². The number of hydrogen-bond acceptors (Lipinski definition) is 3. The lowest BCUT2D eigenvalue weighted by Crippen LogP contribution is -2.49. The standard InChI is InChI=1S/C19H22Cl2N2O3S/c1-4-18(19(24)22-12-14-8-9-15(20)11-17(14)21)23(27(3,25)26)16-7-5-6-13(2)10-16/h5-11,18H,4,12H2,1-3H3,(H,22,24). The van der Waals surface area contributed by atoms with Gasteiger partial charge in [0.2, 0.25) is 15.9 Å². The predicted molar refractivity (Wildman–Crippen MR) is 111 cm³/mol. The van der Waals surface area contributed by atoms with Crippen LogP contribution in [0.2, 0.25) is 10.0 Å². The summed E-state index contributed by atoms with van der Waals surface area (Å²) in [6, 6.07) is 11.2. The lowest BCUT2D eigenvalue weighted by atomic mass is 10.1. The van der Waals surface area contributed by atoms with E-state index < -0.39 is 22.0 Å². The molecule has 2 aromatic carbocycles. The normalized spacial score (nSPS) is 12.5. The molecule has 0 saturated heterocycles. The summed E-state index contributed by atoms with van der Waals surface area (Å²) < 4.78 is 26.0. The first kappa shape index (κ1) is 21.5. The van der Waals surface area contributed by atoms with E-state index in [4.69, 9.17) is 23.2 Å². The molecular weight excluding hydrogens is 407 g/mol. The Bertz CT molecular complexity index is 932. The van der Waals surface area contributed by atoms with Crippen molar-refractivity contribution in [3.05, 3.63) is 63.6 Å². The molecule has 0 heterocycles. The van der Waals surface area contributed by atoms with Crippen LogP contribution in [0.15, 0.2) is 42.5 Å². The maximum Gasteiger partial charge on any atom is 0.244 e. The van der Waals surface area contributed by atoms with Crippen LogP contribution < -0.4 is 9.62 Å². The molecule has 0 aliphatic carbocycles. The van der Waals surface area contributed by atoms with Gasteiger partial charge < -0.3 is 5.32 Å². The molecular formula is C19H22Cl2N2O3S. The van der Waals surface area contributed by atoms with Gasteiger partial charge in [-0.15, -0.1) is 0 Å². The van der Waals surface area contributed by atoms with Crippen LogP contribution in [0.3, 0.4) is 0 Å². The Kier molecular flexibility index (Phi) is 7.14. The molecule has 2 rings (SSSR count). The smallest absolute Gasteiger partial charge is 0.244 e. The largest absolute Gasteiger partial charge is 0.350 e. The average molecular weight is 429 g/mol. The molecule has 5 nitrogen and oxygen atoms in total. The molecule has 146 valence electrons. The molecule has 0 saturated carbocycles. The highest BCUT2D eigenvalue weighted by Gasteiger charge is 2.31. The second kappa shape index (κ2) is 8.95. The van der Waals surface area contributed by atoms with E-state index in [-0.39, 0.29) is 6.54 Å². The van der Waals surface area contributed by atoms with Gasteiger partial charge in [-0.2, -0.15) is 0 Å². The summed E-state index contributed by atoms with van der Waals surface area (Å²) >= 11 is 12.0. The van der Waals surface area contributed by atoms with Crippen LogP contribution in [0.5, 0.6) is 0 Å². The van der Waals surface area contributed by atoms with Crippen molar-refractivity contribution in [1.29, 1.82) is 0 Å². The first-order valence-corrected chi connectivity index (χ1v) is 11.0. The van der Waals surface area contributed by atoms with Gasteiger partial charge >= 0.3 is 0 Å². The Labute approximate surface area is 170 Å². The molecule has 0 spiro atoms. The Morgan fingerprint density at radius 2 is 1.89 bits per heavy atom. The number of aryl methyl sites for hydroxylation is 1. The summed E-state index contributed by atoms with van der Waals surface area (Å²) in [6.07, 6.45) is 1.42. The van der Waals surface area contributed by atoms with E-state index in [1.54, 1.807) is 43.3 Å². The van der Waals surface area contributed by atoms with E-state index in [2.05, 4.69) is 5.32 Å². The molecule has 1 atom stereocenters. The van der Waals surface area contributed by atoms with Gasteiger partial charge in [-0.05, 0) is 48.7 Å². The monoisotopic (exact) mass is 428 g/mol. The van der Waals surface area contributed by atoms with Crippen molar-refractivity contribution in [2.24, 2.45) is 0 Å². The quantitative estimate of drug-likeness (QED) is 0.719. The van der Waals surface area contributed by atoms with Crippen molar-refractivity contribution in [1.82, 2.24) is 5.32 Å². The fourth-order valence-electron chi connectivity index (χ4n) is 2.79. The number of nitrogens with one attached hydrogen (secondary N) is 1. The second-order valence-corrected chi connectivity index (χ2v) is 8.98. The molecule has 0 aromatic heterocycles. The van der Waals surface area contributed by atoms with Crippen LogP contribution in [-0.4, -0.2) is 26.6 Å². The van der Waals surface area contributed by atoms with E-state index >= 15 is 0 Å². The Balaban J connectivity index is 2.26. The number of nitrogens with zero attached hydrogens (tertiary/aromatic N) is 1. The summed E-state index contributed by atoms with van der Waals surface area (Å²) in [5.41, 5.74) is 2.07. The number of carbonyl (C=O) groups excluding carboxylic acids is 1. The number of halogens is 2.